The van der Waals surface area contributed by atoms with Crippen molar-refractivity contribution < 1.29 is 4.79 Å². The lowest BCUT2D eigenvalue weighted by molar-refractivity contribution is 0.262. The third kappa shape index (κ3) is 3.19. The minimum absolute atomic E-state index is 0.343. The highest BCUT2D eigenvalue weighted by atomic mass is 35.5. The van der Waals surface area contributed by atoms with E-state index in [0.717, 1.165) is 5.69 Å². The summed E-state index contributed by atoms with van der Waals surface area (Å²) in [5.74, 6) is 0. The quantitative estimate of drug-likeness (QED) is 0.855. The van der Waals surface area contributed by atoms with Gasteiger partial charge in [-0.3, -0.25) is 4.98 Å². The van der Waals surface area contributed by atoms with Crippen LogP contribution < -0.4 is 10.6 Å². The summed E-state index contributed by atoms with van der Waals surface area (Å²) >= 11 is 5.87. The van der Waals surface area contributed by atoms with E-state index in [1.165, 1.54) is 6.20 Å². The number of pyridine rings is 1. The van der Waals surface area contributed by atoms with Gasteiger partial charge >= 0.3 is 6.03 Å². The minimum Gasteiger partial charge on any atom is -0.308 e. The highest BCUT2D eigenvalue weighted by Gasteiger charge is 2.04. The molecule has 0 bridgehead atoms. The van der Waals surface area contributed by atoms with Crippen molar-refractivity contribution in [2.24, 2.45) is 0 Å². The van der Waals surface area contributed by atoms with E-state index in [-0.39, 0.29) is 6.03 Å². The summed E-state index contributed by atoms with van der Waals surface area (Å²) in [6.45, 7) is 0. The van der Waals surface area contributed by atoms with Gasteiger partial charge in [0.1, 0.15) is 0 Å². The van der Waals surface area contributed by atoms with E-state index in [1.807, 2.05) is 18.2 Å². The molecular formula is C12H10ClN3O. The molecule has 2 amide bonds. The van der Waals surface area contributed by atoms with Crippen LogP contribution in [0.25, 0.3) is 0 Å². The molecule has 0 unspecified atom stereocenters. The van der Waals surface area contributed by atoms with Crippen LogP contribution in [-0.4, -0.2) is 11.0 Å². The van der Waals surface area contributed by atoms with Gasteiger partial charge < -0.3 is 10.6 Å². The molecule has 5 heteroatoms. The second-order valence-corrected chi connectivity index (χ2v) is 3.71. The fourth-order valence-corrected chi connectivity index (χ4v) is 1.45. The predicted octanol–water partition coefficient (Wildman–Crippen LogP) is 3.38. The Bertz CT molecular complexity index is 516. The van der Waals surface area contributed by atoms with E-state index in [4.69, 9.17) is 11.6 Å². The summed E-state index contributed by atoms with van der Waals surface area (Å²) in [6.07, 6.45) is 3.03. The molecule has 1 heterocycles. The zero-order chi connectivity index (χ0) is 12.1. The molecule has 2 N–H and O–H groups in total. The summed E-state index contributed by atoms with van der Waals surface area (Å²) in [5, 5.41) is 5.72. The molecule has 0 radical (unpaired) electrons. The van der Waals surface area contributed by atoms with Crippen molar-refractivity contribution in [2.75, 3.05) is 10.6 Å². The van der Waals surface area contributed by atoms with Gasteiger partial charge in [-0.1, -0.05) is 29.8 Å². The normalized spacial score (nSPS) is 9.71. The van der Waals surface area contributed by atoms with Crippen molar-refractivity contribution in [1.29, 1.82) is 0 Å². The maximum Gasteiger partial charge on any atom is 0.323 e. The van der Waals surface area contributed by atoms with Crippen molar-refractivity contribution in [3.05, 3.63) is 53.8 Å². The molecule has 0 atom stereocenters. The lowest BCUT2D eigenvalue weighted by Gasteiger charge is -2.08. The van der Waals surface area contributed by atoms with Crippen LogP contribution in [0.4, 0.5) is 16.2 Å². The molecule has 0 saturated carbocycles. The topological polar surface area (TPSA) is 54.0 Å². The van der Waals surface area contributed by atoms with E-state index >= 15 is 0 Å². The molecule has 17 heavy (non-hydrogen) atoms. The van der Waals surface area contributed by atoms with Crippen molar-refractivity contribution in [3.63, 3.8) is 0 Å². The number of amides is 2. The van der Waals surface area contributed by atoms with Gasteiger partial charge in [0.15, 0.2) is 0 Å². The van der Waals surface area contributed by atoms with E-state index < -0.39 is 0 Å². The third-order valence-corrected chi connectivity index (χ3v) is 2.35. The fraction of sp³-hybridized carbons (Fsp3) is 0. The van der Waals surface area contributed by atoms with Gasteiger partial charge in [-0.05, 0) is 18.2 Å². The number of carbonyl (C=O) groups excluding carboxylic acids is 1. The van der Waals surface area contributed by atoms with Crippen LogP contribution in [0.15, 0.2) is 48.8 Å². The van der Waals surface area contributed by atoms with Crippen LogP contribution >= 0.6 is 11.6 Å². The zero-order valence-corrected chi connectivity index (χ0v) is 9.61. The summed E-state index contributed by atoms with van der Waals surface area (Å²) in [6, 6.07) is 10.4. The first kappa shape index (κ1) is 11.4. The highest BCUT2D eigenvalue weighted by molar-refractivity contribution is 6.33. The third-order valence-electron chi connectivity index (χ3n) is 2.05. The Morgan fingerprint density at radius 3 is 2.59 bits per heavy atom. The van der Waals surface area contributed by atoms with Crippen LogP contribution in [0.5, 0.6) is 0 Å². The van der Waals surface area contributed by atoms with Crippen LogP contribution in [-0.2, 0) is 0 Å². The maximum absolute atomic E-state index is 11.6. The molecule has 0 spiro atoms. The number of nitrogens with zero attached hydrogens (tertiary/aromatic N) is 1. The first-order chi connectivity index (χ1) is 8.25. The molecule has 2 aromatic rings. The SMILES string of the molecule is O=C(Nc1ccccc1)Nc1ccncc1Cl. The Morgan fingerprint density at radius 1 is 1.12 bits per heavy atom. The van der Waals surface area contributed by atoms with Crippen molar-refractivity contribution >= 4 is 29.0 Å². The highest BCUT2D eigenvalue weighted by Crippen LogP contribution is 2.19. The Morgan fingerprint density at radius 2 is 1.88 bits per heavy atom. The second kappa shape index (κ2) is 5.32. The van der Waals surface area contributed by atoms with Gasteiger partial charge in [0.05, 0.1) is 10.7 Å². The van der Waals surface area contributed by atoms with Gasteiger partial charge in [-0.2, -0.15) is 0 Å². The van der Waals surface area contributed by atoms with Gasteiger partial charge in [0.25, 0.3) is 0 Å². The van der Waals surface area contributed by atoms with Crippen LogP contribution in [0, 0.1) is 0 Å². The lowest BCUT2D eigenvalue weighted by atomic mass is 10.3. The van der Waals surface area contributed by atoms with Gasteiger partial charge in [-0.25, -0.2) is 4.79 Å². The van der Waals surface area contributed by atoms with Crippen LogP contribution in [0.2, 0.25) is 5.02 Å². The number of hydrogen-bond acceptors (Lipinski definition) is 2. The van der Waals surface area contributed by atoms with Crippen molar-refractivity contribution in [1.82, 2.24) is 4.98 Å². The molecule has 0 saturated heterocycles. The molecule has 0 aliphatic rings. The van der Waals surface area contributed by atoms with E-state index in [2.05, 4.69) is 15.6 Å². The number of benzene rings is 1. The van der Waals surface area contributed by atoms with E-state index in [1.54, 1.807) is 24.4 Å². The molecular weight excluding hydrogens is 238 g/mol. The Labute approximate surface area is 104 Å². The van der Waals surface area contributed by atoms with Gasteiger partial charge in [0, 0.05) is 18.1 Å². The van der Waals surface area contributed by atoms with Crippen molar-refractivity contribution in [2.45, 2.75) is 0 Å². The van der Waals surface area contributed by atoms with Crippen LogP contribution in [0.1, 0.15) is 0 Å². The number of para-hydroxylation sites is 1. The summed E-state index contributed by atoms with van der Waals surface area (Å²) in [7, 11) is 0. The largest absolute Gasteiger partial charge is 0.323 e. The summed E-state index contributed by atoms with van der Waals surface area (Å²) in [5.41, 5.74) is 1.24. The molecule has 4 nitrogen and oxygen atoms in total. The molecule has 86 valence electrons. The first-order valence-electron chi connectivity index (χ1n) is 4.98. The zero-order valence-electron chi connectivity index (χ0n) is 8.85. The first-order valence-corrected chi connectivity index (χ1v) is 5.36. The average Bonchev–Trinajstić information content (AvgIpc) is 2.33. The number of carbonyl (C=O) groups is 1. The van der Waals surface area contributed by atoms with Gasteiger partial charge in [0.2, 0.25) is 0 Å². The second-order valence-electron chi connectivity index (χ2n) is 3.30. The molecule has 0 aliphatic carbocycles. The monoisotopic (exact) mass is 247 g/mol. The standard InChI is InChI=1S/C12H10ClN3O/c13-10-8-14-7-6-11(10)16-12(17)15-9-4-2-1-3-5-9/h1-8H,(H2,14,15,16,17). The molecule has 0 fully saturated rings. The van der Waals surface area contributed by atoms with E-state index in [9.17, 15) is 4.79 Å². The molecule has 1 aromatic heterocycles. The average molecular weight is 248 g/mol. The maximum atomic E-state index is 11.6. The predicted molar refractivity (Wildman–Crippen MR) is 68.3 cm³/mol. The van der Waals surface area contributed by atoms with Crippen LogP contribution in [0.3, 0.4) is 0 Å². The smallest absolute Gasteiger partial charge is 0.308 e. The molecule has 0 aliphatic heterocycles. The number of hydrogen-bond donors (Lipinski definition) is 2. The summed E-state index contributed by atoms with van der Waals surface area (Å²) < 4.78 is 0. The number of halogens is 1. The van der Waals surface area contributed by atoms with E-state index in [0.29, 0.717) is 10.7 Å². The van der Waals surface area contributed by atoms with Gasteiger partial charge in [-0.15, -0.1) is 0 Å². The number of anilines is 2. The number of aromatic nitrogens is 1. The molecule has 2 rings (SSSR count). The Hall–Kier alpha value is -2.07. The summed E-state index contributed by atoms with van der Waals surface area (Å²) in [4.78, 5) is 15.5. The Balaban J connectivity index is 2.01. The number of nitrogens with one attached hydrogen (secondary N) is 2. The fourth-order valence-electron chi connectivity index (χ4n) is 1.28. The Kier molecular flexibility index (Phi) is 3.57. The van der Waals surface area contributed by atoms with Crippen molar-refractivity contribution in [3.8, 4) is 0 Å². The number of rotatable bonds is 2. The lowest BCUT2D eigenvalue weighted by Crippen LogP contribution is -2.19. The minimum atomic E-state index is -0.343. The number of urea groups is 1. The molecule has 1 aromatic carbocycles.